The van der Waals surface area contributed by atoms with Gasteiger partial charge in [-0.3, -0.25) is 9.59 Å². The van der Waals surface area contributed by atoms with E-state index < -0.39 is 17.7 Å². The van der Waals surface area contributed by atoms with Gasteiger partial charge in [-0.1, -0.05) is 12.1 Å². The lowest BCUT2D eigenvalue weighted by atomic mass is 9.98. The van der Waals surface area contributed by atoms with Gasteiger partial charge in [0.1, 0.15) is 34.8 Å². The van der Waals surface area contributed by atoms with Crippen LogP contribution in [0.25, 0.3) is 5.76 Å². The maximum absolute atomic E-state index is 13.2. The van der Waals surface area contributed by atoms with Crippen LogP contribution in [0.3, 0.4) is 0 Å². The summed E-state index contributed by atoms with van der Waals surface area (Å²) in [6, 6.07) is 14.6. The van der Waals surface area contributed by atoms with Crippen molar-refractivity contribution in [2.45, 2.75) is 26.4 Å². The standard InChI is InChI=1S/C27H27NO7/c1-4-33-19-12-13-20(22(15-19)34-5-2)25(29)23-24(21-7-6-14-35-21)28(27(31)26(23)30)16-17-8-10-18(32-3)11-9-17/h6-15,24,29H,4-5,16H2,1-3H3/b25-23-. The second kappa shape index (κ2) is 10.4. The van der Waals surface area contributed by atoms with Gasteiger partial charge in [0, 0.05) is 12.6 Å². The van der Waals surface area contributed by atoms with Gasteiger partial charge in [-0.05, 0) is 55.8 Å². The largest absolute Gasteiger partial charge is 0.507 e. The molecule has 0 bridgehead atoms. The normalized spacial score (nSPS) is 17.0. The van der Waals surface area contributed by atoms with Crippen LogP contribution < -0.4 is 14.2 Å². The number of carbonyl (C=O) groups excluding carboxylic acids is 2. The van der Waals surface area contributed by atoms with E-state index in [2.05, 4.69) is 0 Å². The second-order valence-corrected chi connectivity index (χ2v) is 7.81. The van der Waals surface area contributed by atoms with Gasteiger partial charge in [0.15, 0.2) is 0 Å². The average Bonchev–Trinajstić information content (AvgIpc) is 3.48. The van der Waals surface area contributed by atoms with Crippen molar-refractivity contribution in [2.24, 2.45) is 0 Å². The van der Waals surface area contributed by atoms with Crippen molar-refractivity contribution < 1.29 is 33.3 Å². The summed E-state index contributed by atoms with van der Waals surface area (Å²) in [7, 11) is 1.57. The molecule has 0 spiro atoms. The lowest BCUT2D eigenvalue weighted by Crippen LogP contribution is -2.29. The number of amides is 1. The van der Waals surface area contributed by atoms with Crippen molar-refractivity contribution in [2.75, 3.05) is 20.3 Å². The third-order valence-electron chi connectivity index (χ3n) is 5.68. The number of hydrogen-bond donors (Lipinski definition) is 1. The number of benzene rings is 2. The first kappa shape index (κ1) is 23.9. The van der Waals surface area contributed by atoms with Crippen LogP contribution in [0, 0.1) is 0 Å². The van der Waals surface area contributed by atoms with Gasteiger partial charge >= 0.3 is 0 Å². The lowest BCUT2D eigenvalue weighted by molar-refractivity contribution is -0.140. The molecule has 1 atom stereocenters. The Morgan fingerprint density at radius 3 is 2.34 bits per heavy atom. The maximum Gasteiger partial charge on any atom is 0.296 e. The van der Waals surface area contributed by atoms with E-state index in [-0.39, 0.29) is 23.4 Å². The summed E-state index contributed by atoms with van der Waals surface area (Å²) < 4.78 is 22.1. The van der Waals surface area contributed by atoms with Crippen LogP contribution in [0.4, 0.5) is 0 Å². The van der Waals surface area contributed by atoms with Gasteiger partial charge in [-0.15, -0.1) is 0 Å². The molecular formula is C27H27NO7. The number of likely N-dealkylation sites (tertiary alicyclic amines) is 1. The van der Waals surface area contributed by atoms with Crippen molar-refractivity contribution in [3.05, 3.63) is 83.3 Å². The number of aliphatic hydroxyl groups excluding tert-OH is 1. The van der Waals surface area contributed by atoms with Crippen LogP contribution in [0.15, 0.2) is 70.9 Å². The van der Waals surface area contributed by atoms with E-state index in [9.17, 15) is 14.7 Å². The number of nitrogens with zero attached hydrogens (tertiary/aromatic N) is 1. The van der Waals surface area contributed by atoms with Crippen LogP contribution in [-0.2, 0) is 16.1 Å². The fourth-order valence-corrected chi connectivity index (χ4v) is 4.09. The molecule has 8 heteroatoms. The minimum atomic E-state index is -0.909. The Morgan fingerprint density at radius 2 is 1.71 bits per heavy atom. The Hall–Kier alpha value is -4.20. The van der Waals surface area contributed by atoms with Crippen molar-refractivity contribution in [3.8, 4) is 17.2 Å². The summed E-state index contributed by atoms with van der Waals surface area (Å²) in [5, 5.41) is 11.4. The SMILES string of the molecule is CCOc1ccc(/C(O)=C2/C(=O)C(=O)N(Cc3ccc(OC)cc3)C2c2ccco2)c(OCC)c1. The van der Waals surface area contributed by atoms with Gasteiger partial charge in [0.2, 0.25) is 0 Å². The quantitative estimate of drug-likeness (QED) is 0.271. The number of hydrogen-bond acceptors (Lipinski definition) is 7. The molecule has 1 aromatic heterocycles. The van der Waals surface area contributed by atoms with Crippen LogP contribution >= 0.6 is 0 Å². The smallest absolute Gasteiger partial charge is 0.296 e. The van der Waals surface area contributed by atoms with Crippen LogP contribution in [0.2, 0.25) is 0 Å². The maximum atomic E-state index is 13.2. The zero-order valence-electron chi connectivity index (χ0n) is 19.8. The molecule has 8 nitrogen and oxygen atoms in total. The van der Waals surface area contributed by atoms with Crippen molar-refractivity contribution in [1.82, 2.24) is 4.90 Å². The molecule has 1 saturated heterocycles. The number of carbonyl (C=O) groups is 2. The first-order valence-corrected chi connectivity index (χ1v) is 11.3. The summed E-state index contributed by atoms with van der Waals surface area (Å²) in [6.45, 7) is 4.61. The lowest BCUT2D eigenvalue weighted by Gasteiger charge is -2.23. The molecule has 1 aliphatic rings. The van der Waals surface area contributed by atoms with E-state index in [0.717, 1.165) is 5.56 Å². The van der Waals surface area contributed by atoms with E-state index >= 15 is 0 Å². The molecule has 0 aliphatic carbocycles. The second-order valence-electron chi connectivity index (χ2n) is 7.81. The molecule has 1 N–H and O–H groups in total. The van der Waals surface area contributed by atoms with E-state index in [1.54, 1.807) is 49.6 Å². The first-order valence-electron chi connectivity index (χ1n) is 11.3. The van der Waals surface area contributed by atoms with E-state index in [4.69, 9.17) is 18.6 Å². The summed E-state index contributed by atoms with van der Waals surface area (Å²) >= 11 is 0. The van der Waals surface area contributed by atoms with Crippen LogP contribution in [-0.4, -0.2) is 42.0 Å². The fourth-order valence-electron chi connectivity index (χ4n) is 4.09. The van der Waals surface area contributed by atoms with Crippen molar-refractivity contribution >= 4 is 17.4 Å². The number of aliphatic hydroxyl groups is 1. The van der Waals surface area contributed by atoms with Gasteiger partial charge < -0.3 is 28.6 Å². The highest BCUT2D eigenvalue weighted by Crippen LogP contribution is 2.42. The van der Waals surface area contributed by atoms with Crippen molar-refractivity contribution in [1.29, 1.82) is 0 Å². The topological polar surface area (TPSA) is 98.4 Å². The summed E-state index contributed by atoms with van der Waals surface area (Å²) in [6.07, 6.45) is 1.46. The zero-order chi connectivity index (χ0) is 24.9. The van der Waals surface area contributed by atoms with Gasteiger partial charge in [-0.2, -0.15) is 0 Å². The third-order valence-corrected chi connectivity index (χ3v) is 5.68. The molecule has 0 saturated carbocycles. The highest BCUT2D eigenvalue weighted by Gasteiger charge is 2.47. The average molecular weight is 478 g/mol. The Bertz CT molecular complexity index is 1230. The first-order chi connectivity index (χ1) is 17.0. The zero-order valence-corrected chi connectivity index (χ0v) is 19.8. The fraction of sp³-hybridized carbons (Fsp3) is 0.259. The van der Waals surface area contributed by atoms with E-state index in [1.807, 2.05) is 26.0 Å². The predicted molar refractivity (Wildman–Crippen MR) is 128 cm³/mol. The van der Waals surface area contributed by atoms with Gasteiger partial charge in [-0.25, -0.2) is 0 Å². The van der Waals surface area contributed by atoms with Crippen LogP contribution in [0.5, 0.6) is 17.2 Å². The monoisotopic (exact) mass is 477 g/mol. The molecular weight excluding hydrogens is 450 g/mol. The predicted octanol–water partition coefficient (Wildman–Crippen LogP) is 4.71. The number of methoxy groups -OCH3 is 1. The molecule has 182 valence electrons. The number of ether oxygens (including phenoxy) is 3. The minimum Gasteiger partial charge on any atom is -0.507 e. The summed E-state index contributed by atoms with van der Waals surface area (Å²) in [5.41, 5.74) is 1.01. The minimum absolute atomic E-state index is 0.0661. The van der Waals surface area contributed by atoms with E-state index in [0.29, 0.717) is 36.2 Å². The number of furan rings is 1. The molecule has 0 radical (unpaired) electrons. The molecule has 1 fully saturated rings. The van der Waals surface area contributed by atoms with Gasteiger partial charge in [0.25, 0.3) is 11.7 Å². The van der Waals surface area contributed by atoms with E-state index in [1.165, 1.54) is 11.2 Å². The number of ketones is 1. The Labute approximate surface area is 203 Å². The summed E-state index contributed by atoms with van der Waals surface area (Å²) in [5.74, 6) is 0.0842. The molecule has 1 aliphatic heterocycles. The Morgan fingerprint density at radius 1 is 1.00 bits per heavy atom. The highest BCUT2D eigenvalue weighted by atomic mass is 16.5. The Balaban J connectivity index is 1.81. The van der Waals surface area contributed by atoms with Gasteiger partial charge in [0.05, 0.1) is 37.7 Å². The summed E-state index contributed by atoms with van der Waals surface area (Å²) in [4.78, 5) is 27.8. The molecule has 1 amide bonds. The van der Waals surface area contributed by atoms with Crippen LogP contribution in [0.1, 0.15) is 36.8 Å². The molecule has 4 rings (SSSR count). The van der Waals surface area contributed by atoms with Crippen molar-refractivity contribution in [3.63, 3.8) is 0 Å². The molecule has 3 aromatic rings. The Kier molecular flexibility index (Phi) is 7.10. The molecule has 2 aromatic carbocycles. The number of rotatable bonds is 9. The molecule has 1 unspecified atom stereocenters. The number of Topliss-reactive ketones (excluding diaryl/α,β-unsaturated/α-hetero) is 1. The molecule has 35 heavy (non-hydrogen) atoms. The third kappa shape index (κ3) is 4.73. The molecule has 2 heterocycles. The highest BCUT2D eigenvalue weighted by molar-refractivity contribution is 6.46.